The van der Waals surface area contributed by atoms with Crippen molar-refractivity contribution in [3.63, 3.8) is 0 Å². The molecule has 0 spiro atoms. The van der Waals surface area contributed by atoms with Gasteiger partial charge in [0.15, 0.2) is 0 Å². The molecule has 1 rings (SSSR count). The Hall–Kier alpha value is -0.660. The zero-order valence-corrected chi connectivity index (χ0v) is 12.0. The van der Waals surface area contributed by atoms with Gasteiger partial charge in [0.25, 0.3) is 5.91 Å². The standard InChI is InChI=1S/C12H17IN2O2/c1-17-9-8-14-6-7-15-12(16)10-2-4-11(13)5-3-10/h2-5,14H,6-9H2,1H3,(H,15,16). The molecule has 1 amide bonds. The van der Waals surface area contributed by atoms with Gasteiger partial charge in [0, 0.05) is 35.9 Å². The Labute approximate surface area is 115 Å². The molecule has 5 heteroatoms. The highest BCUT2D eigenvalue weighted by molar-refractivity contribution is 14.1. The maximum Gasteiger partial charge on any atom is 0.251 e. The highest BCUT2D eigenvalue weighted by atomic mass is 127. The third-order valence-electron chi connectivity index (χ3n) is 2.18. The van der Waals surface area contributed by atoms with Crippen LogP contribution in [-0.2, 0) is 4.74 Å². The van der Waals surface area contributed by atoms with Gasteiger partial charge in [0.05, 0.1) is 6.61 Å². The normalized spacial score (nSPS) is 10.2. The van der Waals surface area contributed by atoms with E-state index in [-0.39, 0.29) is 5.91 Å². The summed E-state index contributed by atoms with van der Waals surface area (Å²) >= 11 is 2.21. The molecule has 0 saturated carbocycles. The van der Waals surface area contributed by atoms with E-state index in [2.05, 4.69) is 33.2 Å². The second-order valence-electron chi connectivity index (χ2n) is 3.51. The average Bonchev–Trinajstić information content (AvgIpc) is 2.34. The van der Waals surface area contributed by atoms with Crippen molar-refractivity contribution in [1.82, 2.24) is 10.6 Å². The number of halogens is 1. The summed E-state index contributed by atoms with van der Waals surface area (Å²) in [5, 5.41) is 6.01. The SMILES string of the molecule is COCCNCCNC(=O)c1ccc(I)cc1. The lowest BCUT2D eigenvalue weighted by molar-refractivity contribution is 0.0953. The van der Waals surface area contributed by atoms with E-state index in [1.54, 1.807) is 7.11 Å². The number of methoxy groups -OCH3 is 1. The first-order chi connectivity index (χ1) is 8.24. The van der Waals surface area contributed by atoms with Crippen LogP contribution in [0, 0.1) is 3.57 Å². The summed E-state index contributed by atoms with van der Waals surface area (Å²) in [5.41, 5.74) is 0.697. The van der Waals surface area contributed by atoms with Crippen LogP contribution in [0.25, 0.3) is 0 Å². The number of carbonyl (C=O) groups excluding carboxylic acids is 1. The molecule has 0 aromatic heterocycles. The van der Waals surface area contributed by atoms with E-state index in [9.17, 15) is 4.79 Å². The summed E-state index contributed by atoms with van der Waals surface area (Å²) in [6, 6.07) is 7.50. The number of carbonyl (C=O) groups is 1. The second kappa shape index (κ2) is 8.43. The fourth-order valence-corrected chi connectivity index (χ4v) is 1.63. The van der Waals surface area contributed by atoms with E-state index in [1.807, 2.05) is 24.3 Å². The maximum atomic E-state index is 11.7. The van der Waals surface area contributed by atoms with Crippen molar-refractivity contribution < 1.29 is 9.53 Å². The first-order valence-electron chi connectivity index (χ1n) is 5.47. The van der Waals surface area contributed by atoms with Crippen LogP contribution >= 0.6 is 22.6 Å². The highest BCUT2D eigenvalue weighted by Gasteiger charge is 2.03. The van der Waals surface area contributed by atoms with Gasteiger partial charge >= 0.3 is 0 Å². The fraction of sp³-hybridized carbons (Fsp3) is 0.417. The van der Waals surface area contributed by atoms with E-state index in [4.69, 9.17) is 4.74 Å². The smallest absolute Gasteiger partial charge is 0.251 e. The molecule has 4 nitrogen and oxygen atoms in total. The number of amides is 1. The Kier molecular flexibility index (Phi) is 7.14. The Bertz CT molecular complexity index is 341. The molecule has 94 valence electrons. The van der Waals surface area contributed by atoms with Crippen LogP contribution in [0.15, 0.2) is 24.3 Å². The van der Waals surface area contributed by atoms with Crippen molar-refractivity contribution in [3.8, 4) is 0 Å². The number of hydrogen-bond acceptors (Lipinski definition) is 3. The van der Waals surface area contributed by atoms with Gasteiger partial charge < -0.3 is 15.4 Å². The molecule has 17 heavy (non-hydrogen) atoms. The minimum Gasteiger partial charge on any atom is -0.383 e. The number of rotatable bonds is 7. The van der Waals surface area contributed by atoms with Gasteiger partial charge in [0.2, 0.25) is 0 Å². The number of nitrogens with one attached hydrogen (secondary N) is 2. The van der Waals surface area contributed by atoms with Crippen LogP contribution < -0.4 is 10.6 Å². The van der Waals surface area contributed by atoms with Crippen LogP contribution in [0.1, 0.15) is 10.4 Å². The quantitative estimate of drug-likeness (QED) is 0.576. The molecule has 0 unspecified atom stereocenters. The average molecular weight is 348 g/mol. The van der Waals surface area contributed by atoms with Crippen molar-refractivity contribution in [2.24, 2.45) is 0 Å². The molecule has 1 aromatic carbocycles. The molecule has 2 N–H and O–H groups in total. The fourth-order valence-electron chi connectivity index (χ4n) is 1.27. The summed E-state index contributed by atoms with van der Waals surface area (Å²) in [6.45, 7) is 2.86. The Morgan fingerprint density at radius 1 is 1.24 bits per heavy atom. The molecule has 0 atom stereocenters. The minimum absolute atomic E-state index is 0.0325. The Balaban J connectivity index is 2.19. The summed E-state index contributed by atoms with van der Waals surface area (Å²) in [7, 11) is 1.67. The van der Waals surface area contributed by atoms with Crippen molar-refractivity contribution in [2.75, 3.05) is 33.4 Å². The van der Waals surface area contributed by atoms with E-state index >= 15 is 0 Å². The molecule has 1 aromatic rings. The zero-order valence-electron chi connectivity index (χ0n) is 9.83. The highest BCUT2D eigenvalue weighted by Crippen LogP contribution is 2.06. The summed E-state index contributed by atoms with van der Waals surface area (Å²) in [6.07, 6.45) is 0. The molecule has 0 bridgehead atoms. The van der Waals surface area contributed by atoms with Crippen LogP contribution in [0.2, 0.25) is 0 Å². The van der Waals surface area contributed by atoms with E-state index < -0.39 is 0 Å². The molecule has 0 aliphatic heterocycles. The van der Waals surface area contributed by atoms with Gasteiger partial charge in [0.1, 0.15) is 0 Å². The lowest BCUT2D eigenvalue weighted by Crippen LogP contribution is -2.33. The largest absolute Gasteiger partial charge is 0.383 e. The third-order valence-corrected chi connectivity index (χ3v) is 2.90. The monoisotopic (exact) mass is 348 g/mol. The third kappa shape index (κ3) is 5.99. The van der Waals surface area contributed by atoms with E-state index in [1.165, 1.54) is 0 Å². The predicted molar refractivity (Wildman–Crippen MR) is 76.2 cm³/mol. The van der Waals surface area contributed by atoms with E-state index in [0.29, 0.717) is 18.7 Å². The molecule has 0 aliphatic carbocycles. The van der Waals surface area contributed by atoms with Crippen molar-refractivity contribution >= 4 is 28.5 Å². The first kappa shape index (κ1) is 14.4. The Morgan fingerprint density at radius 2 is 1.94 bits per heavy atom. The lowest BCUT2D eigenvalue weighted by atomic mass is 10.2. The molecule has 0 heterocycles. The van der Waals surface area contributed by atoms with Gasteiger partial charge in [-0.2, -0.15) is 0 Å². The molecule has 0 fully saturated rings. The molecule has 0 radical (unpaired) electrons. The zero-order chi connectivity index (χ0) is 12.5. The van der Waals surface area contributed by atoms with Crippen molar-refractivity contribution in [2.45, 2.75) is 0 Å². The van der Waals surface area contributed by atoms with Gasteiger partial charge in [-0.15, -0.1) is 0 Å². The number of ether oxygens (including phenoxy) is 1. The van der Waals surface area contributed by atoms with Crippen LogP contribution in [0.4, 0.5) is 0 Å². The maximum absolute atomic E-state index is 11.7. The Morgan fingerprint density at radius 3 is 2.59 bits per heavy atom. The summed E-state index contributed by atoms with van der Waals surface area (Å²) < 4.78 is 6.02. The lowest BCUT2D eigenvalue weighted by Gasteiger charge is -2.06. The molecule has 0 aliphatic rings. The van der Waals surface area contributed by atoms with Crippen LogP contribution in [-0.4, -0.2) is 39.3 Å². The van der Waals surface area contributed by atoms with Crippen molar-refractivity contribution in [1.29, 1.82) is 0 Å². The molecular weight excluding hydrogens is 331 g/mol. The second-order valence-corrected chi connectivity index (χ2v) is 4.75. The topological polar surface area (TPSA) is 50.4 Å². The predicted octanol–water partition coefficient (Wildman–Crippen LogP) is 1.26. The first-order valence-corrected chi connectivity index (χ1v) is 6.55. The van der Waals surface area contributed by atoms with Crippen LogP contribution in [0.3, 0.4) is 0 Å². The summed E-state index contributed by atoms with van der Waals surface area (Å²) in [4.78, 5) is 11.7. The van der Waals surface area contributed by atoms with E-state index in [0.717, 1.165) is 16.7 Å². The molecular formula is C12H17IN2O2. The van der Waals surface area contributed by atoms with Gasteiger partial charge in [-0.3, -0.25) is 4.79 Å². The van der Waals surface area contributed by atoms with Gasteiger partial charge in [-0.1, -0.05) is 0 Å². The number of benzene rings is 1. The number of hydrogen-bond donors (Lipinski definition) is 2. The van der Waals surface area contributed by atoms with Crippen molar-refractivity contribution in [3.05, 3.63) is 33.4 Å². The minimum atomic E-state index is -0.0325. The summed E-state index contributed by atoms with van der Waals surface area (Å²) in [5.74, 6) is -0.0325. The molecule has 0 saturated heterocycles. The van der Waals surface area contributed by atoms with Gasteiger partial charge in [-0.05, 0) is 46.9 Å². The van der Waals surface area contributed by atoms with Gasteiger partial charge in [-0.25, -0.2) is 0 Å². The van der Waals surface area contributed by atoms with Crippen LogP contribution in [0.5, 0.6) is 0 Å².